The summed E-state index contributed by atoms with van der Waals surface area (Å²) in [7, 11) is 0. The topological polar surface area (TPSA) is 15.6 Å². The van der Waals surface area contributed by atoms with Crippen molar-refractivity contribution in [1.82, 2.24) is 4.90 Å². The number of hydrogen-bond acceptors (Lipinski definition) is 2. The third-order valence-corrected chi connectivity index (χ3v) is 2.94. The van der Waals surface area contributed by atoms with Gasteiger partial charge in [-0.05, 0) is 19.3 Å². The third kappa shape index (κ3) is 4.53. The Kier molecular flexibility index (Phi) is 6.31. The smallest absolute Gasteiger partial charge is 0.0571 e. The molecule has 0 N–H and O–H groups in total. The van der Waals surface area contributed by atoms with Crippen molar-refractivity contribution in [3.8, 4) is 0 Å². The molecule has 1 aliphatic heterocycles. The number of allylic oxidation sites excluding steroid dienone is 1. The van der Waals surface area contributed by atoms with Gasteiger partial charge in [0.25, 0.3) is 0 Å². The van der Waals surface area contributed by atoms with Gasteiger partial charge in [-0.1, -0.05) is 40.2 Å². The Hall–Kier alpha value is -0.790. The van der Waals surface area contributed by atoms with E-state index in [1.54, 1.807) is 0 Å². The molecule has 0 aromatic heterocycles. The highest BCUT2D eigenvalue weighted by molar-refractivity contribution is 5.79. The Morgan fingerprint density at radius 1 is 1.18 bits per heavy atom. The van der Waals surface area contributed by atoms with E-state index in [1.807, 2.05) is 0 Å². The molecule has 2 nitrogen and oxygen atoms in total. The van der Waals surface area contributed by atoms with Crippen LogP contribution in [0.15, 0.2) is 16.8 Å². The molecule has 17 heavy (non-hydrogen) atoms. The van der Waals surface area contributed by atoms with Crippen LogP contribution in [0, 0.1) is 5.92 Å². The second-order valence-electron chi connectivity index (χ2n) is 5.03. The summed E-state index contributed by atoms with van der Waals surface area (Å²) >= 11 is 0. The van der Waals surface area contributed by atoms with Crippen LogP contribution in [-0.4, -0.2) is 30.2 Å². The molecule has 1 heterocycles. The van der Waals surface area contributed by atoms with E-state index in [2.05, 4.69) is 49.9 Å². The van der Waals surface area contributed by atoms with Gasteiger partial charge in [0.2, 0.25) is 0 Å². The van der Waals surface area contributed by atoms with E-state index in [0.717, 1.165) is 5.92 Å². The minimum Gasteiger partial charge on any atom is -0.371 e. The average Bonchev–Trinajstić information content (AvgIpc) is 3.07. The third-order valence-electron chi connectivity index (χ3n) is 2.94. The van der Waals surface area contributed by atoms with Crippen LogP contribution in [0.3, 0.4) is 0 Å². The van der Waals surface area contributed by atoms with Crippen LogP contribution in [0.4, 0.5) is 0 Å². The quantitative estimate of drug-likeness (QED) is 0.707. The van der Waals surface area contributed by atoms with Crippen LogP contribution in [0.25, 0.3) is 0 Å². The van der Waals surface area contributed by atoms with E-state index >= 15 is 0 Å². The molecule has 0 amide bonds. The summed E-state index contributed by atoms with van der Waals surface area (Å²) in [6.45, 7) is 11.1. The van der Waals surface area contributed by atoms with Gasteiger partial charge < -0.3 is 4.90 Å². The monoisotopic (exact) mass is 236 g/mol. The predicted octanol–water partition coefficient (Wildman–Crippen LogP) is 3.88. The fraction of sp³-hybridized carbons (Fsp3) is 0.800. The van der Waals surface area contributed by atoms with Crippen LogP contribution in [0.5, 0.6) is 0 Å². The SMILES string of the molecule is CCC.CCCN(CCC)C1=CC2CC2N=C1. The summed E-state index contributed by atoms with van der Waals surface area (Å²) in [4.78, 5) is 7.01. The number of rotatable bonds is 5. The lowest BCUT2D eigenvalue weighted by atomic mass is 10.2. The van der Waals surface area contributed by atoms with E-state index in [4.69, 9.17) is 0 Å². The zero-order chi connectivity index (χ0) is 12.7. The van der Waals surface area contributed by atoms with Crippen molar-refractivity contribution in [1.29, 1.82) is 0 Å². The fourth-order valence-electron chi connectivity index (χ4n) is 2.08. The maximum Gasteiger partial charge on any atom is 0.0571 e. The van der Waals surface area contributed by atoms with Gasteiger partial charge in [0.1, 0.15) is 0 Å². The van der Waals surface area contributed by atoms with Crippen LogP contribution < -0.4 is 0 Å². The summed E-state index contributed by atoms with van der Waals surface area (Å²) in [6.07, 6.45) is 9.48. The molecule has 98 valence electrons. The first-order valence-electron chi connectivity index (χ1n) is 7.26. The molecule has 0 bridgehead atoms. The van der Waals surface area contributed by atoms with E-state index < -0.39 is 0 Å². The highest BCUT2D eigenvalue weighted by atomic mass is 15.1. The maximum atomic E-state index is 4.54. The van der Waals surface area contributed by atoms with E-state index in [-0.39, 0.29) is 0 Å². The van der Waals surface area contributed by atoms with Gasteiger partial charge in [-0.15, -0.1) is 0 Å². The molecule has 1 saturated carbocycles. The van der Waals surface area contributed by atoms with Crippen molar-refractivity contribution in [2.75, 3.05) is 13.1 Å². The average molecular weight is 236 g/mol. The Morgan fingerprint density at radius 2 is 1.76 bits per heavy atom. The van der Waals surface area contributed by atoms with Crippen LogP contribution in [0.1, 0.15) is 53.4 Å². The molecule has 2 unspecified atom stereocenters. The molecule has 2 heteroatoms. The summed E-state index contributed by atoms with van der Waals surface area (Å²) in [6, 6.07) is 0.642. The molecular formula is C15H28N2. The summed E-state index contributed by atoms with van der Waals surface area (Å²) < 4.78 is 0. The van der Waals surface area contributed by atoms with Gasteiger partial charge in [-0.2, -0.15) is 0 Å². The van der Waals surface area contributed by atoms with Crippen LogP contribution >= 0.6 is 0 Å². The van der Waals surface area contributed by atoms with Gasteiger partial charge in [0.05, 0.1) is 11.7 Å². The minimum absolute atomic E-state index is 0.642. The first-order valence-corrected chi connectivity index (χ1v) is 7.26. The summed E-state index contributed by atoms with van der Waals surface area (Å²) in [5, 5.41) is 0. The second-order valence-corrected chi connectivity index (χ2v) is 5.03. The van der Waals surface area contributed by atoms with Crippen molar-refractivity contribution in [3.05, 3.63) is 11.8 Å². The summed E-state index contributed by atoms with van der Waals surface area (Å²) in [5.74, 6) is 0.770. The molecule has 0 radical (unpaired) electrons. The first kappa shape index (κ1) is 14.3. The van der Waals surface area contributed by atoms with Gasteiger partial charge in [0.15, 0.2) is 0 Å². The zero-order valence-corrected chi connectivity index (χ0v) is 11.9. The fourth-order valence-corrected chi connectivity index (χ4v) is 2.08. The Bertz CT molecular complexity index is 262. The predicted molar refractivity (Wildman–Crippen MR) is 76.6 cm³/mol. The molecule has 0 aromatic carbocycles. The first-order chi connectivity index (χ1) is 8.26. The molecule has 1 fully saturated rings. The van der Waals surface area contributed by atoms with Gasteiger partial charge >= 0.3 is 0 Å². The van der Waals surface area contributed by atoms with E-state index in [0.29, 0.717) is 6.04 Å². The van der Waals surface area contributed by atoms with Crippen molar-refractivity contribution in [2.24, 2.45) is 10.9 Å². The molecule has 2 aliphatic rings. The van der Waals surface area contributed by atoms with Crippen molar-refractivity contribution in [2.45, 2.75) is 59.4 Å². The molecule has 0 spiro atoms. The highest BCUT2D eigenvalue weighted by Gasteiger charge is 2.37. The summed E-state index contributed by atoms with van der Waals surface area (Å²) in [5.41, 5.74) is 1.37. The molecular weight excluding hydrogens is 208 g/mol. The van der Waals surface area contributed by atoms with Gasteiger partial charge in [-0.25, -0.2) is 0 Å². The van der Waals surface area contributed by atoms with Gasteiger partial charge in [-0.3, -0.25) is 4.99 Å². The van der Waals surface area contributed by atoms with Crippen molar-refractivity contribution >= 4 is 6.21 Å². The molecule has 1 aliphatic carbocycles. The lowest BCUT2D eigenvalue weighted by molar-refractivity contribution is 0.359. The zero-order valence-electron chi connectivity index (χ0n) is 11.9. The van der Waals surface area contributed by atoms with E-state index in [9.17, 15) is 0 Å². The minimum atomic E-state index is 0.642. The second kappa shape index (κ2) is 7.52. The normalized spacial score (nSPS) is 24.4. The maximum absolute atomic E-state index is 4.54. The lowest BCUT2D eigenvalue weighted by Gasteiger charge is -2.25. The molecule has 2 rings (SSSR count). The number of hydrogen-bond donors (Lipinski definition) is 0. The number of fused-ring (bicyclic) bond motifs is 1. The molecule has 0 saturated heterocycles. The highest BCUT2D eigenvalue weighted by Crippen LogP contribution is 2.38. The van der Waals surface area contributed by atoms with Crippen molar-refractivity contribution in [3.63, 3.8) is 0 Å². The lowest BCUT2D eigenvalue weighted by Crippen LogP contribution is -2.26. The Balaban J connectivity index is 0.000000437. The number of nitrogens with zero attached hydrogens (tertiary/aromatic N) is 2. The molecule has 2 atom stereocenters. The Morgan fingerprint density at radius 3 is 2.24 bits per heavy atom. The van der Waals surface area contributed by atoms with Crippen LogP contribution in [-0.2, 0) is 0 Å². The van der Waals surface area contributed by atoms with Crippen LogP contribution in [0.2, 0.25) is 0 Å². The number of dihydropyridines is 1. The van der Waals surface area contributed by atoms with E-state index in [1.165, 1.54) is 44.5 Å². The van der Waals surface area contributed by atoms with Crippen molar-refractivity contribution < 1.29 is 0 Å². The van der Waals surface area contributed by atoms with Gasteiger partial charge in [0, 0.05) is 25.2 Å². The Labute approximate surface area is 107 Å². The largest absolute Gasteiger partial charge is 0.371 e. The number of aliphatic imine (C=N–C) groups is 1. The standard InChI is InChI=1S/C12H20N2.C3H8/c1-3-5-14(6-4-2)11-7-10-8-12(10)13-9-11;1-3-2/h7,9-10,12H,3-6,8H2,1-2H3;3H2,1-2H3. The molecule has 0 aromatic rings.